The molecule has 5 heteroatoms. The van der Waals surface area contributed by atoms with Gasteiger partial charge in [0.1, 0.15) is 5.75 Å². The third-order valence-corrected chi connectivity index (χ3v) is 4.09. The molecule has 0 spiro atoms. The molecule has 24 heavy (non-hydrogen) atoms. The number of ether oxygens (including phenoxy) is 2. The summed E-state index contributed by atoms with van der Waals surface area (Å²) >= 11 is 0. The van der Waals surface area contributed by atoms with Crippen molar-refractivity contribution in [1.82, 2.24) is 0 Å². The zero-order valence-electron chi connectivity index (χ0n) is 13.7. The monoisotopic (exact) mass is 325 g/mol. The van der Waals surface area contributed by atoms with E-state index in [2.05, 4.69) is 4.74 Å². The molecule has 1 heterocycles. The molecule has 0 N–H and O–H groups in total. The van der Waals surface area contributed by atoms with Gasteiger partial charge in [-0.1, -0.05) is 24.3 Å². The molecular weight excluding hydrogens is 306 g/mol. The second-order valence-corrected chi connectivity index (χ2v) is 5.75. The molecule has 2 aromatic rings. The highest BCUT2D eigenvalue weighted by molar-refractivity contribution is 5.97. The quantitative estimate of drug-likeness (QED) is 0.811. The van der Waals surface area contributed by atoms with Crippen LogP contribution in [0, 0.1) is 0 Å². The minimum Gasteiger partial charge on any atom is -0.484 e. The minimum atomic E-state index is -0.436. The number of fused-ring (bicyclic) bond motifs is 1. The normalized spacial score (nSPS) is 15.8. The molecule has 0 radical (unpaired) electrons. The van der Waals surface area contributed by atoms with Crippen LogP contribution in [0.4, 0.5) is 5.69 Å². The van der Waals surface area contributed by atoms with Gasteiger partial charge < -0.3 is 14.4 Å². The average molecular weight is 325 g/mol. The summed E-state index contributed by atoms with van der Waals surface area (Å²) in [5, 5.41) is 0. The summed E-state index contributed by atoms with van der Waals surface area (Å²) in [6.45, 7) is 1.94. The first kappa shape index (κ1) is 16.1. The SMILES string of the molecule is COC(=O)c1cccc(OCC(=O)N2c3ccccc3C[C@@H]2C)c1. The van der Waals surface area contributed by atoms with E-state index in [9.17, 15) is 9.59 Å². The Morgan fingerprint density at radius 2 is 1.96 bits per heavy atom. The Balaban J connectivity index is 1.69. The number of para-hydroxylation sites is 1. The van der Waals surface area contributed by atoms with Crippen LogP contribution in [0.1, 0.15) is 22.8 Å². The van der Waals surface area contributed by atoms with E-state index in [1.54, 1.807) is 29.2 Å². The fraction of sp³-hybridized carbons (Fsp3) is 0.263. The summed E-state index contributed by atoms with van der Waals surface area (Å²) < 4.78 is 10.3. The van der Waals surface area contributed by atoms with Gasteiger partial charge in [0.15, 0.2) is 6.61 Å². The van der Waals surface area contributed by atoms with Gasteiger partial charge in [0.25, 0.3) is 5.91 Å². The van der Waals surface area contributed by atoms with Gasteiger partial charge in [-0.2, -0.15) is 0 Å². The lowest BCUT2D eigenvalue weighted by Crippen LogP contribution is -2.39. The third-order valence-electron chi connectivity index (χ3n) is 4.09. The summed E-state index contributed by atoms with van der Waals surface area (Å²) in [7, 11) is 1.32. The number of esters is 1. The highest BCUT2D eigenvalue weighted by Crippen LogP contribution is 2.31. The van der Waals surface area contributed by atoms with E-state index in [0.717, 1.165) is 12.1 Å². The van der Waals surface area contributed by atoms with Crippen molar-refractivity contribution in [2.75, 3.05) is 18.6 Å². The van der Waals surface area contributed by atoms with Gasteiger partial charge in [-0.15, -0.1) is 0 Å². The molecule has 124 valence electrons. The second kappa shape index (κ2) is 6.74. The van der Waals surface area contributed by atoms with Crippen LogP contribution in [0.2, 0.25) is 0 Å². The number of benzene rings is 2. The van der Waals surface area contributed by atoms with Crippen LogP contribution in [-0.4, -0.2) is 31.6 Å². The Morgan fingerprint density at radius 1 is 1.17 bits per heavy atom. The van der Waals surface area contributed by atoms with Crippen molar-refractivity contribution in [3.63, 3.8) is 0 Å². The van der Waals surface area contributed by atoms with Gasteiger partial charge in [0, 0.05) is 11.7 Å². The van der Waals surface area contributed by atoms with Gasteiger partial charge in [0.05, 0.1) is 12.7 Å². The summed E-state index contributed by atoms with van der Waals surface area (Å²) in [6.07, 6.45) is 0.847. The molecule has 2 aromatic carbocycles. The maximum absolute atomic E-state index is 12.6. The van der Waals surface area contributed by atoms with Crippen LogP contribution in [0.15, 0.2) is 48.5 Å². The molecular formula is C19H19NO4. The maximum atomic E-state index is 12.6. The van der Waals surface area contributed by atoms with E-state index in [0.29, 0.717) is 11.3 Å². The van der Waals surface area contributed by atoms with E-state index < -0.39 is 5.97 Å². The Bertz CT molecular complexity index is 771. The Labute approximate surface area is 140 Å². The van der Waals surface area contributed by atoms with Crippen molar-refractivity contribution >= 4 is 17.6 Å². The average Bonchev–Trinajstić information content (AvgIpc) is 2.95. The van der Waals surface area contributed by atoms with Crippen LogP contribution in [-0.2, 0) is 16.0 Å². The first-order valence-corrected chi connectivity index (χ1v) is 7.81. The van der Waals surface area contributed by atoms with Crippen LogP contribution in [0.5, 0.6) is 5.75 Å². The van der Waals surface area contributed by atoms with Gasteiger partial charge in [-0.3, -0.25) is 4.79 Å². The van der Waals surface area contributed by atoms with E-state index in [4.69, 9.17) is 4.74 Å². The van der Waals surface area contributed by atoms with Crippen molar-refractivity contribution in [1.29, 1.82) is 0 Å². The molecule has 0 bridgehead atoms. The lowest BCUT2D eigenvalue weighted by molar-refractivity contribution is -0.120. The molecule has 0 aromatic heterocycles. The zero-order valence-corrected chi connectivity index (χ0v) is 13.7. The number of nitrogens with zero attached hydrogens (tertiary/aromatic N) is 1. The van der Waals surface area contributed by atoms with Crippen molar-refractivity contribution in [3.8, 4) is 5.75 Å². The molecule has 0 unspecified atom stereocenters. The molecule has 1 aliphatic heterocycles. The molecule has 0 saturated heterocycles. The number of amides is 1. The summed E-state index contributed by atoms with van der Waals surface area (Å²) in [6, 6.07) is 14.6. The summed E-state index contributed by atoms with van der Waals surface area (Å²) in [5.41, 5.74) is 2.51. The molecule has 0 fully saturated rings. The van der Waals surface area contributed by atoms with E-state index in [-0.39, 0.29) is 18.6 Å². The first-order valence-electron chi connectivity index (χ1n) is 7.81. The van der Waals surface area contributed by atoms with Crippen molar-refractivity contribution in [2.45, 2.75) is 19.4 Å². The largest absolute Gasteiger partial charge is 0.484 e. The van der Waals surface area contributed by atoms with Crippen molar-refractivity contribution in [3.05, 3.63) is 59.7 Å². The van der Waals surface area contributed by atoms with Crippen LogP contribution in [0.3, 0.4) is 0 Å². The molecule has 0 aliphatic carbocycles. The van der Waals surface area contributed by atoms with E-state index >= 15 is 0 Å². The predicted octanol–water partition coefficient (Wildman–Crippen LogP) is 2.83. The predicted molar refractivity (Wildman–Crippen MR) is 90.4 cm³/mol. The topological polar surface area (TPSA) is 55.8 Å². The van der Waals surface area contributed by atoms with Gasteiger partial charge >= 0.3 is 5.97 Å². The molecule has 0 saturated carbocycles. The van der Waals surface area contributed by atoms with Crippen LogP contribution < -0.4 is 9.64 Å². The standard InChI is InChI=1S/C19H19NO4/c1-13-10-14-6-3-4-9-17(14)20(13)18(21)12-24-16-8-5-7-15(11-16)19(22)23-2/h3-9,11,13H,10,12H2,1-2H3/t13-/m0/s1. The van der Waals surface area contributed by atoms with Gasteiger partial charge in [-0.25, -0.2) is 4.79 Å². The summed E-state index contributed by atoms with van der Waals surface area (Å²) in [5.74, 6) is -0.0730. The smallest absolute Gasteiger partial charge is 0.337 e. The maximum Gasteiger partial charge on any atom is 0.337 e. The number of methoxy groups -OCH3 is 1. The number of hydrogen-bond acceptors (Lipinski definition) is 4. The molecule has 5 nitrogen and oxygen atoms in total. The highest BCUT2D eigenvalue weighted by Gasteiger charge is 2.30. The highest BCUT2D eigenvalue weighted by atomic mass is 16.5. The molecule has 1 atom stereocenters. The van der Waals surface area contributed by atoms with Crippen LogP contribution >= 0.6 is 0 Å². The van der Waals surface area contributed by atoms with E-state index in [1.807, 2.05) is 31.2 Å². The number of rotatable bonds is 4. The van der Waals surface area contributed by atoms with Crippen molar-refractivity contribution in [2.24, 2.45) is 0 Å². The fourth-order valence-electron chi connectivity index (χ4n) is 2.99. The second-order valence-electron chi connectivity index (χ2n) is 5.75. The Morgan fingerprint density at radius 3 is 2.75 bits per heavy atom. The number of anilines is 1. The van der Waals surface area contributed by atoms with Gasteiger partial charge in [0.2, 0.25) is 0 Å². The fourth-order valence-corrected chi connectivity index (χ4v) is 2.99. The van der Waals surface area contributed by atoms with Gasteiger partial charge in [-0.05, 0) is 43.2 Å². The number of hydrogen-bond donors (Lipinski definition) is 0. The molecule has 1 aliphatic rings. The van der Waals surface area contributed by atoms with E-state index in [1.165, 1.54) is 12.7 Å². The minimum absolute atomic E-state index is 0.0801. The number of carbonyl (C=O) groups excluding carboxylic acids is 2. The number of carbonyl (C=O) groups is 2. The van der Waals surface area contributed by atoms with Crippen molar-refractivity contribution < 1.29 is 19.1 Å². The third kappa shape index (κ3) is 3.11. The molecule has 3 rings (SSSR count). The lowest BCUT2D eigenvalue weighted by Gasteiger charge is -2.22. The zero-order chi connectivity index (χ0) is 17.1. The Kier molecular flexibility index (Phi) is 4.51. The van der Waals surface area contributed by atoms with Crippen LogP contribution in [0.25, 0.3) is 0 Å². The Hall–Kier alpha value is -2.82. The first-order chi connectivity index (χ1) is 11.6. The lowest BCUT2D eigenvalue weighted by atomic mass is 10.1. The summed E-state index contributed by atoms with van der Waals surface area (Å²) in [4.78, 5) is 25.9. The molecule has 1 amide bonds.